The summed E-state index contributed by atoms with van der Waals surface area (Å²) in [5.74, 6) is 0.105. The topological polar surface area (TPSA) is 108 Å². The van der Waals surface area contributed by atoms with Crippen LogP contribution in [0.25, 0.3) is 0 Å². The molecule has 0 bridgehead atoms. The van der Waals surface area contributed by atoms with Crippen LogP contribution >= 0.6 is 0 Å². The fraction of sp³-hybridized carbons (Fsp3) is 0.294. The van der Waals surface area contributed by atoms with E-state index in [4.69, 9.17) is 5.73 Å². The Balaban J connectivity index is 1.80. The Kier molecular flexibility index (Phi) is 4.73. The Morgan fingerprint density at radius 2 is 1.72 bits per heavy atom. The van der Waals surface area contributed by atoms with Crippen molar-refractivity contribution in [1.82, 2.24) is 4.31 Å². The van der Waals surface area contributed by atoms with E-state index in [2.05, 4.69) is 10.2 Å². The van der Waals surface area contributed by atoms with Crippen molar-refractivity contribution in [3.63, 3.8) is 0 Å². The molecule has 132 valence electrons. The molecule has 0 aliphatic carbocycles. The van der Waals surface area contributed by atoms with Crippen LogP contribution in [-0.4, -0.2) is 30.9 Å². The summed E-state index contributed by atoms with van der Waals surface area (Å²) in [5.41, 5.74) is 7.74. The third-order valence-electron chi connectivity index (χ3n) is 4.16. The summed E-state index contributed by atoms with van der Waals surface area (Å²) in [7, 11) is -3.43. The van der Waals surface area contributed by atoms with E-state index in [1.165, 1.54) is 22.5 Å². The molecule has 0 spiro atoms. The highest BCUT2D eigenvalue weighted by Crippen LogP contribution is 2.31. The highest BCUT2D eigenvalue weighted by molar-refractivity contribution is 7.89. The molecule has 0 radical (unpaired) electrons. The summed E-state index contributed by atoms with van der Waals surface area (Å²) in [5, 5.41) is 17.8. The summed E-state index contributed by atoms with van der Waals surface area (Å²) >= 11 is 0. The molecular formula is C17H20N4O3S. The van der Waals surface area contributed by atoms with Crippen molar-refractivity contribution in [2.24, 2.45) is 10.2 Å². The molecule has 8 heteroatoms. The lowest BCUT2D eigenvalue weighted by Crippen LogP contribution is -2.27. The second kappa shape index (κ2) is 6.81. The van der Waals surface area contributed by atoms with Crippen molar-refractivity contribution in [3.05, 3.63) is 42.0 Å². The van der Waals surface area contributed by atoms with Crippen LogP contribution in [-0.2, 0) is 10.0 Å². The number of benzene rings is 2. The molecule has 1 aliphatic rings. The van der Waals surface area contributed by atoms with Gasteiger partial charge >= 0.3 is 0 Å². The number of sulfonamides is 1. The van der Waals surface area contributed by atoms with E-state index >= 15 is 0 Å². The minimum absolute atomic E-state index is 0.105. The zero-order valence-corrected chi connectivity index (χ0v) is 14.7. The molecule has 2 aromatic rings. The number of nitrogens with two attached hydrogens (primary N) is 1. The summed E-state index contributed by atoms with van der Waals surface area (Å²) in [6.45, 7) is 2.89. The minimum atomic E-state index is -3.43. The average Bonchev–Trinajstić information content (AvgIpc) is 3.13. The smallest absolute Gasteiger partial charge is 0.243 e. The van der Waals surface area contributed by atoms with Crippen molar-refractivity contribution in [3.8, 4) is 5.75 Å². The lowest BCUT2D eigenvalue weighted by Gasteiger charge is -2.15. The van der Waals surface area contributed by atoms with Crippen LogP contribution < -0.4 is 5.73 Å². The van der Waals surface area contributed by atoms with Gasteiger partial charge in [0.05, 0.1) is 16.3 Å². The molecule has 1 aliphatic heterocycles. The minimum Gasteiger partial charge on any atom is -0.508 e. The van der Waals surface area contributed by atoms with E-state index in [1.54, 1.807) is 25.1 Å². The number of nitrogens with zero attached hydrogens (tertiary/aromatic N) is 3. The number of anilines is 1. The van der Waals surface area contributed by atoms with Gasteiger partial charge in [-0.05, 0) is 55.7 Å². The van der Waals surface area contributed by atoms with Crippen LogP contribution in [0.5, 0.6) is 5.75 Å². The van der Waals surface area contributed by atoms with Crippen molar-refractivity contribution < 1.29 is 13.5 Å². The van der Waals surface area contributed by atoms with Gasteiger partial charge in [0.1, 0.15) is 11.4 Å². The van der Waals surface area contributed by atoms with E-state index in [-0.39, 0.29) is 10.6 Å². The first-order valence-electron chi connectivity index (χ1n) is 7.99. The van der Waals surface area contributed by atoms with E-state index in [0.29, 0.717) is 35.7 Å². The average molecular weight is 360 g/mol. The van der Waals surface area contributed by atoms with E-state index in [1.807, 2.05) is 0 Å². The standard InChI is InChI=1S/C17H20N4O3S/c1-12-10-16(15(18)11-17(12)22)20-19-13-4-6-14(7-5-13)25(23,24)21-8-2-3-9-21/h4-7,10-11,22H,2-3,8-9,18H2,1H3/b20-19+. The molecule has 7 nitrogen and oxygen atoms in total. The van der Waals surface area contributed by atoms with Crippen LogP contribution in [0.15, 0.2) is 51.5 Å². The number of aromatic hydroxyl groups is 1. The van der Waals surface area contributed by atoms with Gasteiger partial charge in [-0.2, -0.15) is 9.42 Å². The predicted octanol–water partition coefficient (Wildman–Crippen LogP) is 3.48. The number of azo groups is 1. The monoisotopic (exact) mass is 360 g/mol. The maximum Gasteiger partial charge on any atom is 0.243 e. The third-order valence-corrected chi connectivity index (χ3v) is 6.07. The Morgan fingerprint density at radius 1 is 1.08 bits per heavy atom. The fourth-order valence-electron chi connectivity index (χ4n) is 2.66. The van der Waals surface area contributed by atoms with Crippen LogP contribution in [0, 0.1) is 6.92 Å². The third kappa shape index (κ3) is 3.64. The number of hydrogen-bond donors (Lipinski definition) is 2. The van der Waals surface area contributed by atoms with Gasteiger partial charge in [0.15, 0.2) is 0 Å². The van der Waals surface area contributed by atoms with Gasteiger partial charge in [-0.3, -0.25) is 0 Å². The molecule has 0 saturated carbocycles. The van der Waals surface area contributed by atoms with Crippen molar-refractivity contribution in [2.45, 2.75) is 24.7 Å². The van der Waals surface area contributed by atoms with Crippen LogP contribution in [0.2, 0.25) is 0 Å². The molecule has 2 aromatic carbocycles. The van der Waals surface area contributed by atoms with Gasteiger partial charge in [-0.25, -0.2) is 8.42 Å². The Morgan fingerprint density at radius 3 is 2.36 bits per heavy atom. The highest BCUT2D eigenvalue weighted by atomic mass is 32.2. The fourth-order valence-corrected chi connectivity index (χ4v) is 4.18. The number of hydrogen-bond acceptors (Lipinski definition) is 6. The molecule has 1 fully saturated rings. The normalized spacial score (nSPS) is 15.9. The molecule has 3 rings (SSSR count). The van der Waals surface area contributed by atoms with Crippen LogP contribution in [0.3, 0.4) is 0 Å². The lowest BCUT2D eigenvalue weighted by molar-refractivity contribution is 0.471. The second-order valence-electron chi connectivity index (χ2n) is 6.00. The molecule has 25 heavy (non-hydrogen) atoms. The van der Waals surface area contributed by atoms with Crippen molar-refractivity contribution in [2.75, 3.05) is 18.8 Å². The molecule has 0 atom stereocenters. The number of nitrogen functional groups attached to an aromatic ring is 1. The number of aryl methyl sites for hydroxylation is 1. The first kappa shape index (κ1) is 17.4. The maximum absolute atomic E-state index is 12.5. The molecule has 3 N–H and O–H groups in total. The summed E-state index contributed by atoms with van der Waals surface area (Å²) < 4.78 is 26.4. The second-order valence-corrected chi connectivity index (χ2v) is 7.94. The number of phenols is 1. The first-order valence-corrected chi connectivity index (χ1v) is 9.43. The predicted molar refractivity (Wildman–Crippen MR) is 95.9 cm³/mol. The highest BCUT2D eigenvalue weighted by Gasteiger charge is 2.26. The van der Waals surface area contributed by atoms with E-state index < -0.39 is 10.0 Å². The summed E-state index contributed by atoms with van der Waals surface area (Å²) in [6.07, 6.45) is 1.80. The Hall–Kier alpha value is -2.45. The zero-order valence-electron chi connectivity index (χ0n) is 13.9. The van der Waals surface area contributed by atoms with E-state index in [0.717, 1.165) is 12.8 Å². The first-order chi connectivity index (χ1) is 11.9. The van der Waals surface area contributed by atoms with E-state index in [9.17, 15) is 13.5 Å². The molecular weight excluding hydrogens is 340 g/mol. The summed E-state index contributed by atoms with van der Waals surface area (Å²) in [6, 6.07) is 9.35. The molecule has 0 aromatic heterocycles. The maximum atomic E-state index is 12.5. The van der Waals surface area contributed by atoms with Gasteiger partial charge in [-0.1, -0.05) is 0 Å². The largest absolute Gasteiger partial charge is 0.508 e. The SMILES string of the molecule is Cc1cc(/N=N/c2ccc(S(=O)(=O)N3CCCC3)cc2)c(N)cc1O. The van der Waals surface area contributed by atoms with Gasteiger partial charge in [0.2, 0.25) is 10.0 Å². The molecule has 0 unspecified atom stereocenters. The van der Waals surface area contributed by atoms with Crippen LogP contribution in [0.1, 0.15) is 18.4 Å². The van der Waals surface area contributed by atoms with Crippen LogP contribution in [0.4, 0.5) is 17.1 Å². The number of rotatable bonds is 4. The molecule has 1 heterocycles. The van der Waals surface area contributed by atoms with Crippen molar-refractivity contribution in [1.29, 1.82) is 0 Å². The van der Waals surface area contributed by atoms with Crippen molar-refractivity contribution >= 4 is 27.1 Å². The summed E-state index contributed by atoms with van der Waals surface area (Å²) in [4.78, 5) is 0.258. The molecule has 1 saturated heterocycles. The quantitative estimate of drug-likeness (QED) is 0.642. The van der Waals surface area contributed by atoms with Gasteiger partial charge < -0.3 is 10.8 Å². The molecule has 0 amide bonds. The van der Waals surface area contributed by atoms with Gasteiger partial charge in [-0.15, -0.1) is 5.11 Å². The zero-order chi connectivity index (χ0) is 18.0. The lowest BCUT2D eigenvalue weighted by atomic mass is 10.2. The number of phenolic OH excluding ortho intramolecular Hbond substituents is 1. The van der Waals surface area contributed by atoms with Gasteiger partial charge in [0, 0.05) is 19.2 Å². The Labute approximate surface area is 146 Å². The Bertz CT molecular complexity index is 902. The van der Waals surface area contributed by atoms with Gasteiger partial charge in [0.25, 0.3) is 0 Å².